The molecule has 0 saturated carbocycles. The highest BCUT2D eigenvalue weighted by molar-refractivity contribution is 6.74. The monoisotopic (exact) mass is 234 g/mol. The fourth-order valence-electron chi connectivity index (χ4n) is 2.15. The van der Waals surface area contributed by atoms with Crippen LogP contribution >= 0.6 is 0 Å². The molecular weight excluding hydrogens is 221 g/mol. The van der Waals surface area contributed by atoms with E-state index in [9.17, 15) is 4.79 Å². The fraction of sp³-hybridized carbons (Fsp3) is 0.455. The van der Waals surface area contributed by atoms with Gasteiger partial charge in [0.05, 0.1) is 0 Å². The van der Waals surface area contributed by atoms with Crippen molar-refractivity contribution >= 4 is 18.6 Å². The molecule has 0 radical (unpaired) electrons. The van der Waals surface area contributed by atoms with Gasteiger partial charge in [0.2, 0.25) is 0 Å². The van der Waals surface area contributed by atoms with Crippen molar-refractivity contribution in [1.29, 1.82) is 0 Å². The highest BCUT2D eigenvalue weighted by Gasteiger charge is 2.47. The Hall–Kier alpha value is -1.24. The highest BCUT2D eigenvalue weighted by atomic mass is 16.8. The lowest BCUT2D eigenvalue weighted by molar-refractivity contribution is -0.119. The molecule has 90 valence electrons. The smallest absolute Gasteiger partial charge is 0.427 e. The highest BCUT2D eigenvalue weighted by Crippen LogP contribution is 2.34. The molecule has 0 atom stereocenters. The number of rotatable bonds is 2. The summed E-state index contributed by atoms with van der Waals surface area (Å²) in [5, 5.41) is 0. The summed E-state index contributed by atoms with van der Waals surface area (Å²) in [6, 6.07) is 3.40. The molecule has 3 aliphatic rings. The minimum atomic E-state index is -1.90. The van der Waals surface area contributed by atoms with Gasteiger partial charge in [0.1, 0.15) is 0 Å². The normalized spacial score (nSPS) is 35.8. The molecule has 0 aliphatic carbocycles. The maximum absolute atomic E-state index is 10.6. The van der Waals surface area contributed by atoms with Crippen LogP contribution in [0.15, 0.2) is 18.3 Å². The maximum atomic E-state index is 10.6. The molecule has 4 rings (SSSR count). The minimum Gasteiger partial charge on any atom is -0.539 e. The number of aldehydes is 1. The predicted octanol–water partition coefficient (Wildman–Crippen LogP) is 0.123. The predicted molar refractivity (Wildman–Crippen MR) is 61.0 cm³/mol. The number of carbonyl (C=O) groups excluding carboxylic acids is 1. The van der Waals surface area contributed by atoms with Crippen molar-refractivity contribution in [2.45, 2.75) is 6.92 Å². The molecular formula is C11H13BNO4-. The van der Waals surface area contributed by atoms with Gasteiger partial charge in [-0.2, -0.15) is 0 Å². The molecule has 0 unspecified atom stereocenters. The van der Waals surface area contributed by atoms with Gasteiger partial charge in [-0.3, -0.25) is 9.78 Å². The van der Waals surface area contributed by atoms with Crippen LogP contribution in [0, 0.1) is 5.41 Å². The van der Waals surface area contributed by atoms with E-state index in [0.717, 1.165) is 6.29 Å². The number of carbonyl (C=O) groups is 1. The van der Waals surface area contributed by atoms with Gasteiger partial charge in [-0.05, 0) is 5.59 Å². The first-order valence-corrected chi connectivity index (χ1v) is 5.63. The van der Waals surface area contributed by atoms with Gasteiger partial charge < -0.3 is 14.0 Å². The fourth-order valence-corrected chi connectivity index (χ4v) is 2.15. The topological polar surface area (TPSA) is 57.7 Å². The van der Waals surface area contributed by atoms with Crippen molar-refractivity contribution in [3.8, 4) is 0 Å². The van der Waals surface area contributed by atoms with Crippen LogP contribution in [0.5, 0.6) is 0 Å². The molecule has 0 spiro atoms. The van der Waals surface area contributed by atoms with Gasteiger partial charge >= 0.3 is 6.75 Å². The quantitative estimate of drug-likeness (QED) is 0.537. The molecule has 2 bridgehead atoms. The molecule has 3 aliphatic heterocycles. The molecule has 3 fully saturated rings. The summed E-state index contributed by atoms with van der Waals surface area (Å²) in [5.41, 5.74) is 1.08. The second-order valence-corrected chi connectivity index (χ2v) is 5.02. The number of fused-ring (bicyclic) bond motifs is 3. The second kappa shape index (κ2) is 3.63. The van der Waals surface area contributed by atoms with E-state index in [1.807, 2.05) is 0 Å². The van der Waals surface area contributed by atoms with Crippen LogP contribution in [0.3, 0.4) is 0 Å². The summed E-state index contributed by atoms with van der Waals surface area (Å²) < 4.78 is 17.1. The average molecular weight is 234 g/mol. The van der Waals surface area contributed by atoms with Gasteiger partial charge in [0.25, 0.3) is 0 Å². The molecule has 5 nitrogen and oxygen atoms in total. The Bertz CT molecular complexity index is 423. The summed E-state index contributed by atoms with van der Waals surface area (Å²) in [7, 11) is 0. The van der Waals surface area contributed by atoms with Crippen molar-refractivity contribution in [3.63, 3.8) is 0 Å². The first-order chi connectivity index (χ1) is 8.16. The zero-order chi connectivity index (χ0) is 11.9. The van der Waals surface area contributed by atoms with Crippen LogP contribution in [0.25, 0.3) is 0 Å². The van der Waals surface area contributed by atoms with Gasteiger partial charge in [-0.15, -0.1) is 0 Å². The van der Waals surface area contributed by atoms with Gasteiger partial charge in [0.15, 0.2) is 6.29 Å². The Morgan fingerprint density at radius 2 is 1.94 bits per heavy atom. The molecule has 3 saturated heterocycles. The molecule has 17 heavy (non-hydrogen) atoms. The Morgan fingerprint density at radius 3 is 2.41 bits per heavy atom. The molecule has 0 amide bonds. The first-order valence-electron chi connectivity index (χ1n) is 5.63. The Morgan fingerprint density at radius 1 is 1.29 bits per heavy atom. The molecule has 1 aromatic rings. The zero-order valence-corrected chi connectivity index (χ0v) is 9.59. The first kappa shape index (κ1) is 10.9. The zero-order valence-electron chi connectivity index (χ0n) is 9.59. The van der Waals surface area contributed by atoms with Crippen molar-refractivity contribution in [1.82, 2.24) is 4.98 Å². The van der Waals surface area contributed by atoms with E-state index in [2.05, 4.69) is 11.9 Å². The third-order valence-corrected chi connectivity index (χ3v) is 3.26. The summed E-state index contributed by atoms with van der Waals surface area (Å²) in [6.45, 7) is 2.01. The molecule has 4 heterocycles. The number of hydrogen-bond acceptors (Lipinski definition) is 5. The minimum absolute atomic E-state index is 0.0494. The molecule has 1 aromatic heterocycles. The van der Waals surface area contributed by atoms with Crippen LogP contribution in [-0.2, 0) is 14.0 Å². The van der Waals surface area contributed by atoms with Crippen molar-refractivity contribution in [2.24, 2.45) is 5.41 Å². The van der Waals surface area contributed by atoms with E-state index in [1.165, 1.54) is 6.20 Å². The Kier molecular flexibility index (Phi) is 2.32. The van der Waals surface area contributed by atoms with Gasteiger partial charge in [0, 0.05) is 37.0 Å². The standard InChI is InChI=1S/C11H13BNO4/c1-11-6-15-12(16-7-11,17-8-11)10-3-2-9(5-14)4-13-10/h2-5H,6-8H2,1H3/q-1. The lowest BCUT2D eigenvalue weighted by atomic mass is 9.67. The van der Waals surface area contributed by atoms with Crippen LogP contribution in [0.1, 0.15) is 17.3 Å². The SMILES string of the molecule is CC12CO[B-](c3ccc(C=O)cn3)(OC1)OC2. The van der Waals surface area contributed by atoms with E-state index < -0.39 is 6.75 Å². The number of aromatic nitrogens is 1. The van der Waals surface area contributed by atoms with Crippen molar-refractivity contribution < 1.29 is 18.8 Å². The Labute approximate surface area is 99.1 Å². The summed E-state index contributed by atoms with van der Waals surface area (Å²) in [5.74, 6) is 0. The largest absolute Gasteiger partial charge is 0.539 e. The van der Waals surface area contributed by atoms with Crippen LogP contribution in [0.4, 0.5) is 0 Å². The van der Waals surface area contributed by atoms with E-state index in [0.29, 0.717) is 31.0 Å². The third kappa shape index (κ3) is 1.69. The van der Waals surface area contributed by atoms with Gasteiger partial charge in [-0.25, -0.2) is 0 Å². The number of nitrogens with zero attached hydrogens (tertiary/aromatic N) is 1. The number of pyridine rings is 1. The molecule has 0 aromatic carbocycles. The average Bonchev–Trinajstić information content (AvgIpc) is 2.40. The molecule has 6 heteroatoms. The summed E-state index contributed by atoms with van der Waals surface area (Å²) >= 11 is 0. The summed E-state index contributed by atoms with van der Waals surface area (Å²) in [4.78, 5) is 14.7. The van der Waals surface area contributed by atoms with Gasteiger partial charge in [-0.1, -0.05) is 19.1 Å². The second-order valence-electron chi connectivity index (χ2n) is 5.02. The maximum Gasteiger partial charge on any atom is 0.427 e. The lowest BCUT2D eigenvalue weighted by Crippen LogP contribution is -2.69. The van der Waals surface area contributed by atoms with Crippen molar-refractivity contribution in [3.05, 3.63) is 23.9 Å². The van der Waals surface area contributed by atoms with E-state index in [1.54, 1.807) is 12.1 Å². The molecule has 0 N–H and O–H groups in total. The van der Waals surface area contributed by atoms with E-state index in [-0.39, 0.29) is 5.41 Å². The number of hydrogen-bond donors (Lipinski definition) is 0. The van der Waals surface area contributed by atoms with Crippen LogP contribution in [0.2, 0.25) is 0 Å². The Balaban J connectivity index is 1.90. The lowest BCUT2D eigenvalue weighted by Gasteiger charge is -2.57. The van der Waals surface area contributed by atoms with E-state index in [4.69, 9.17) is 14.0 Å². The van der Waals surface area contributed by atoms with Crippen LogP contribution < -0.4 is 5.59 Å². The van der Waals surface area contributed by atoms with Crippen molar-refractivity contribution in [2.75, 3.05) is 19.8 Å². The third-order valence-electron chi connectivity index (χ3n) is 3.26. The van der Waals surface area contributed by atoms with Crippen LogP contribution in [-0.4, -0.2) is 37.8 Å². The summed E-state index contributed by atoms with van der Waals surface area (Å²) in [6.07, 6.45) is 2.25. The van der Waals surface area contributed by atoms with E-state index >= 15 is 0 Å².